The van der Waals surface area contributed by atoms with E-state index in [1.807, 2.05) is 18.2 Å². The van der Waals surface area contributed by atoms with Gasteiger partial charge in [0.2, 0.25) is 0 Å². The van der Waals surface area contributed by atoms with Crippen LogP contribution in [0.1, 0.15) is 19.3 Å². The Bertz CT molecular complexity index is 378. The molecule has 18 heavy (non-hydrogen) atoms. The van der Waals surface area contributed by atoms with Gasteiger partial charge >= 0.3 is 0 Å². The van der Waals surface area contributed by atoms with Gasteiger partial charge in [0.15, 0.2) is 0 Å². The van der Waals surface area contributed by atoms with E-state index in [-0.39, 0.29) is 0 Å². The van der Waals surface area contributed by atoms with Crippen LogP contribution in [0.4, 0.5) is 0 Å². The minimum absolute atomic E-state index is 0.787. The van der Waals surface area contributed by atoms with Gasteiger partial charge in [0.25, 0.3) is 0 Å². The van der Waals surface area contributed by atoms with Crippen molar-refractivity contribution in [1.29, 1.82) is 0 Å². The first-order valence-corrected chi connectivity index (χ1v) is 7.26. The van der Waals surface area contributed by atoms with Gasteiger partial charge in [-0.2, -0.15) is 0 Å². The number of halogens is 1. The molecule has 1 saturated heterocycles. The fourth-order valence-corrected chi connectivity index (χ4v) is 2.70. The summed E-state index contributed by atoms with van der Waals surface area (Å²) in [6, 6.07) is 5.80. The number of nitrogens with one attached hydrogen (secondary N) is 1. The van der Waals surface area contributed by atoms with Crippen LogP contribution >= 0.6 is 15.9 Å². The Kier molecular flexibility index (Phi) is 5.32. The van der Waals surface area contributed by atoms with Gasteiger partial charge in [-0.25, -0.2) is 0 Å². The summed E-state index contributed by atoms with van der Waals surface area (Å²) < 4.78 is 11.9. The third-order valence-electron chi connectivity index (χ3n) is 3.38. The summed E-state index contributed by atoms with van der Waals surface area (Å²) in [5, 5.41) is 3.38. The van der Waals surface area contributed by atoms with Crippen LogP contribution in [0.3, 0.4) is 0 Å². The molecule has 1 aromatic rings. The molecule has 1 aliphatic heterocycles. The minimum atomic E-state index is 0.787. The van der Waals surface area contributed by atoms with E-state index in [2.05, 4.69) is 21.2 Å². The molecule has 0 radical (unpaired) electrons. The SMILES string of the molecule is COc1ccc(OCCC2CCNCC2)c(Br)c1. The molecule has 0 bridgehead atoms. The lowest BCUT2D eigenvalue weighted by atomic mass is 9.95. The van der Waals surface area contributed by atoms with E-state index in [1.165, 1.54) is 12.8 Å². The van der Waals surface area contributed by atoms with E-state index >= 15 is 0 Å². The van der Waals surface area contributed by atoms with Gasteiger partial charge < -0.3 is 14.8 Å². The van der Waals surface area contributed by atoms with Crippen molar-refractivity contribution in [2.45, 2.75) is 19.3 Å². The van der Waals surface area contributed by atoms with Gasteiger partial charge in [-0.1, -0.05) is 0 Å². The summed E-state index contributed by atoms with van der Waals surface area (Å²) in [7, 11) is 1.67. The van der Waals surface area contributed by atoms with Gasteiger partial charge in [-0.05, 0) is 72.4 Å². The van der Waals surface area contributed by atoms with Gasteiger partial charge in [0.1, 0.15) is 11.5 Å². The van der Waals surface area contributed by atoms with E-state index in [0.717, 1.165) is 48.0 Å². The number of methoxy groups -OCH3 is 1. The minimum Gasteiger partial charge on any atom is -0.497 e. The molecular formula is C14H20BrNO2. The molecule has 1 aliphatic rings. The molecule has 0 amide bonds. The first-order chi connectivity index (χ1) is 8.79. The summed E-state index contributed by atoms with van der Waals surface area (Å²) in [6.07, 6.45) is 3.68. The zero-order valence-corrected chi connectivity index (χ0v) is 12.3. The van der Waals surface area contributed by atoms with E-state index in [9.17, 15) is 0 Å². The Morgan fingerprint density at radius 3 is 2.78 bits per heavy atom. The molecule has 1 fully saturated rings. The van der Waals surface area contributed by atoms with Crippen molar-refractivity contribution in [3.8, 4) is 11.5 Å². The van der Waals surface area contributed by atoms with Crippen molar-refractivity contribution < 1.29 is 9.47 Å². The monoisotopic (exact) mass is 313 g/mol. The topological polar surface area (TPSA) is 30.5 Å². The largest absolute Gasteiger partial charge is 0.497 e. The Morgan fingerprint density at radius 1 is 1.33 bits per heavy atom. The summed E-state index contributed by atoms with van der Waals surface area (Å²) in [5.41, 5.74) is 0. The third-order valence-corrected chi connectivity index (χ3v) is 4.00. The molecule has 0 atom stereocenters. The highest BCUT2D eigenvalue weighted by Gasteiger charge is 2.13. The van der Waals surface area contributed by atoms with Crippen LogP contribution < -0.4 is 14.8 Å². The molecule has 0 unspecified atom stereocenters. The molecule has 1 heterocycles. The number of ether oxygens (including phenoxy) is 2. The van der Waals surface area contributed by atoms with Crippen LogP contribution in [-0.2, 0) is 0 Å². The Labute approximate surface area is 117 Å². The van der Waals surface area contributed by atoms with E-state index in [4.69, 9.17) is 9.47 Å². The van der Waals surface area contributed by atoms with Crippen LogP contribution in [0.25, 0.3) is 0 Å². The summed E-state index contributed by atoms with van der Waals surface area (Å²) in [5.74, 6) is 2.54. The van der Waals surface area contributed by atoms with Gasteiger partial charge in [0.05, 0.1) is 18.2 Å². The zero-order chi connectivity index (χ0) is 12.8. The van der Waals surface area contributed by atoms with Crippen molar-refractivity contribution in [3.63, 3.8) is 0 Å². The fraction of sp³-hybridized carbons (Fsp3) is 0.571. The fourth-order valence-electron chi connectivity index (χ4n) is 2.23. The molecule has 100 valence electrons. The lowest BCUT2D eigenvalue weighted by Crippen LogP contribution is -2.28. The molecule has 2 rings (SSSR count). The maximum Gasteiger partial charge on any atom is 0.133 e. The first-order valence-electron chi connectivity index (χ1n) is 6.46. The molecular weight excluding hydrogens is 294 g/mol. The average Bonchev–Trinajstić information content (AvgIpc) is 2.42. The predicted molar refractivity (Wildman–Crippen MR) is 76.4 cm³/mol. The highest BCUT2D eigenvalue weighted by atomic mass is 79.9. The number of benzene rings is 1. The van der Waals surface area contributed by atoms with Crippen LogP contribution in [0.5, 0.6) is 11.5 Å². The molecule has 1 N–H and O–H groups in total. The van der Waals surface area contributed by atoms with Crippen molar-refractivity contribution >= 4 is 15.9 Å². The third kappa shape index (κ3) is 3.89. The summed E-state index contributed by atoms with van der Waals surface area (Å²) >= 11 is 3.50. The Hall–Kier alpha value is -0.740. The maximum atomic E-state index is 5.82. The Morgan fingerprint density at radius 2 is 2.11 bits per heavy atom. The second-order valence-electron chi connectivity index (χ2n) is 4.63. The standard InChI is InChI=1S/C14H20BrNO2/c1-17-12-2-3-14(13(15)10-12)18-9-6-11-4-7-16-8-5-11/h2-3,10-11,16H,4-9H2,1H3. The molecule has 0 aromatic heterocycles. The normalized spacial score (nSPS) is 16.6. The molecule has 0 saturated carbocycles. The number of piperidine rings is 1. The van der Waals surface area contributed by atoms with Crippen molar-refractivity contribution in [1.82, 2.24) is 5.32 Å². The highest BCUT2D eigenvalue weighted by Crippen LogP contribution is 2.29. The summed E-state index contributed by atoms with van der Waals surface area (Å²) in [6.45, 7) is 3.09. The number of rotatable bonds is 5. The smallest absolute Gasteiger partial charge is 0.133 e. The predicted octanol–water partition coefficient (Wildman–Crippen LogP) is 3.23. The lowest BCUT2D eigenvalue weighted by molar-refractivity contribution is 0.250. The molecule has 0 aliphatic carbocycles. The second kappa shape index (κ2) is 7.00. The number of hydrogen-bond acceptors (Lipinski definition) is 3. The van der Waals surface area contributed by atoms with Crippen molar-refractivity contribution in [2.75, 3.05) is 26.8 Å². The zero-order valence-electron chi connectivity index (χ0n) is 10.7. The van der Waals surface area contributed by atoms with Crippen molar-refractivity contribution in [3.05, 3.63) is 22.7 Å². The summed E-state index contributed by atoms with van der Waals surface area (Å²) in [4.78, 5) is 0. The van der Waals surface area contributed by atoms with E-state index in [0.29, 0.717) is 0 Å². The quantitative estimate of drug-likeness (QED) is 0.905. The first kappa shape index (κ1) is 13.7. The lowest BCUT2D eigenvalue weighted by Gasteiger charge is -2.22. The second-order valence-corrected chi connectivity index (χ2v) is 5.48. The van der Waals surface area contributed by atoms with Crippen LogP contribution in [0, 0.1) is 5.92 Å². The molecule has 1 aromatic carbocycles. The van der Waals surface area contributed by atoms with Gasteiger partial charge in [0, 0.05) is 0 Å². The molecule has 3 nitrogen and oxygen atoms in total. The van der Waals surface area contributed by atoms with E-state index in [1.54, 1.807) is 7.11 Å². The Balaban J connectivity index is 1.79. The molecule has 4 heteroatoms. The average molecular weight is 314 g/mol. The highest BCUT2D eigenvalue weighted by molar-refractivity contribution is 9.10. The van der Waals surface area contributed by atoms with E-state index < -0.39 is 0 Å². The van der Waals surface area contributed by atoms with Gasteiger partial charge in [-0.15, -0.1) is 0 Å². The van der Waals surface area contributed by atoms with Crippen molar-refractivity contribution in [2.24, 2.45) is 5.92 Å². The van der Waals surface area contributed by atoms with Crippen LogP contribution in [0.15, 0.2) is 22.7 Å². The van der Waals surface area contributed by atoms with Gasteiger partial charge in [-0.3, -0.25) is 0 Å². The van der Waals surface area contributed by atoms with Crippen LogP contribution in [-0.4, -0.2) is 26.8 Å². The molecule has 0 spiro atoms. The maximum absolute atomic E-state index is 5.82. The number of hydrogen-bond donors (Lipinski definition) is 1. The van der Waals surface area contributed by atoms with Crippen LogP contribution in [0.2, 0.25) is 0 Å².